The number of rotatable bonds is 6. The van der Waals surface area contributed by atoms with Crippen molar-refractivity contribution in [3.05, 3.63) is 99.9 Å². The normalized spacial score (nSPS) is 11.8. The molecule has 1 amide bonds. The predicted molar refractivity (Wildman–Crippen MR) is 121 cm³/mol. The van der Waals surface area contributed by atoms with Crippen molar-refractivity contribution in [1.82, 2.24) is 4.98 Å². The van der Waals surface area contributed by atoms with Crippen molar-refractivity contribution in [3.63, 3.8) is 0 Å². The largest absolute Gasteiger partial charge is 0.459 e. The van der Waals surface area contributed by atoms with Gasteiger partial charge in [-0.2, -0.15) is 0 Å². The third-order valence-corrected chi connectivity index (χ3v) is 6.14. The van der Waals surface area contributed by atoms with E-state index in [0.29, 0.717) is 0 Å². The van der Waals surface area contributed by atoms with Crippen LogP contribution in [-0.4, -0.2) is 10.9 Å². The standard InChI is InChI=1S/C24H23N3O2S/c1-15-9-7-13-20(25-15)26-22(18-10-5-4-6-11-18)21-16(2)17(3)30-24(21)27-23(28)19-12-8-14-29-19/h4-14,22H,1-3H3,(H,25,26)(H,27,28)/t22-/m1/s1. The Morgan fingerprint density at radius 3 is 2.50 bits per heavy atom. The van der Waals surface area contributed by atoms with E-state index in [1.807, 2.05) is 43.3 Å². The van der Waals surface area contributed by atoms with Gasteiger partial charge in [0.15, 0.2) is 5.76 Å². The molecule has 1 aromatic carbocycles. The minimum Gasteiger partial charge on any atom is -0.459 e. The van der Waals surface area contributed by atoms with Crippen molar-refractivity contribution in [2.24, 2.45) is 0 Å². The van der Waals surface area contributed by atoms with E-state index >= 15 is 0 Å². The Morgan fingerprint density at radius 2 is 1.80 bits per heavy atom. The summed E-state index contributed by atoms with van der Waals surface area (Å²) in [6, 6.07) is 19.3. The summed E-state index contributed by atoms with van der Waals surface area (Å²) in [4.78, 5) is 18.5. The highest BCUT2D eigenvalue weighted by Crippen LogP contribution is 2.41. The molecule has 0 spiro atoms. The lowest BCUT2D eigenvalue weighted by Crippen LogP contribution is -2.17. The van der Waals surface area contributed by atoms with Crippen LogP contribution in [0.5, 0.6) is 0 Å². The molecule has 5 nitrogen and oxygen atoms in total. The third-order valence-electron chi connectivity index (χ3n) is 5.01. The fraction of sp³-hybridized carbons (Fsp3) is 0.167. The smallest absolute Gasteiger partial charge is 0.291 e. The highest BCUT2D eigenvalue weighted by Gasteiger charge is 2.25. The monoisotopic (exact) mass is 417 g/mol. The molecule has 0 saturated carbocycles. The summed E-state index contributed by atoms with van der Waals surface area (Å²) in [6.45, 7) is 6.13. The molecule has 3 aromatic heterocycles. The van der Waals surface area contributed by atoms with Gasteiger partial charge in [-0.25, -0.2) is 4.98 Å². The Bertz CT molecular complexity index is 1150. The number of furan rings is 1. The second-order valence-corrected chi connectivity index (χ2v) is 8.33. The van der Waals surface area contributed by atoms with Gasteiger partial charge in [-0.15, -0.1) is 11.3 Å². The lowest BCUT2D eigenvalue weighted by Gasteiger charge is -2.22. The number of hydrogen-bond acceptors (Lipinski definition) is 5. The molecule has 0 bridgehead atoms. The summed E-state index contributed by atoms with van der Waals surface area (Å²) in [7, 11) is 0. The van der Waals surface area contributed by atoms with E-state index in [2.05, 4.69) is 41.6 Å². The first-order chi connectivity index (χ1) is 14.5. The molecule has 3 heterocycles. The number of hydrogen-bond donors (Lipinski definition) is 2. The van der Waals surface area contributed by atoms with Gasteiger partial charge in [0, 0.05) is 16.1 Å². The van der Waals surface area contributed by atoms with Crippen molar-refractivity contribution >= 4 is 28.1 Å². The number of carbonyl (C=O) groups excluding carboxylic acids is 1. The number of nitrogens with one attached hydrogen (secondary N) is 2. The highest BCUT2D eigenvalue weighted by molar-refractivity contribution is 7.16. The molecule has 0 saturated heterocycles. The van der Waals surface area contributed by atoms with Crippen LogP contribution in [0.2, 0.25) is 0 Å². The Labute approximate surface area is 179 Å². The maximum Gasteiger partial charge on any atom is 0.291 e. The Hall–Kier alpha value is -3.38. The Kier molecular flexibility index (Phi) is 5.68. The first-order valence-corrected chi connectivity index (χ1v) is 10.5. The topological polar surface area (TPSA) is 67.2 Å². The van der Waals surface area contributed by atoms with Crippen LogP contribution in [0.4, 0.5) is 10.8 Å². The molecule has 0 fully saturated rings. The van der Waals surface area contributed by atoms with E-state index in [1.54, 1.807) is 23.5 Å². The molecular formula is C24H23N3O2S. The second kappa shape index (κ2) is 8.55. The van der Waals surface area contributed by atoms with Gasteiger partial charge in [0.1, 0.15) is 10.8 Å². The van der Waals surface area contributed by atoms with Crippen LogP contribution in [0.1, 0.15) is 43.9 Å². The average molecular weight is 418 g/mol. The fourth-order valence-corrected chi connectivity index (χ4v) is 4.49. The van der Waals surface area contributed by atoms with Gasteiger partial charge in [-0.3, -0.25) is 4.79 Å². The number of aromatic nitrogens is 1. The Morgan fingerprint density at radius 1 is 1.00 bits per heavy atom. The summed E-state index contributed by atoms with van der Waals surface area (Å²) in [5.41, 5.74) is 4.21. The van der Waals surface area contributed by atoms with Gasteiger partial charge >= 0.3 is 0 Å². The number of aryl methyl sites for hydroxylation is 2. The van der Waals surface area contributed by atoms with Crippen molar-refractivity contribution in [2.45, 2.75) is 26.8 Å². The number of amides is 1. The highest BCUT2D eigenvalue weighted by atomic mass is 32.1. The maximum absolute atomic E-state index is 12.7. The van der Waals surface area contributed by atoms with Crippen LogP contribution < -0.4 is 10.6 Å². The molecule has 0 radical (unpaired) electrons. The summed E-state index contributed by atoms with van der Waals surface area (Å²) >= 11 is 1.57. The van der Waals surface area contributed by atoms with Crippen molar-refractivity contribution < 1.29 is 9.21 Å². The minimum absolute atomic E-state index is 0.169. The molecule has 0 aliphatic carbocycles. The van der Waals surface area contributed by atoms with Crippen molar-refractivity contribution in [1.29, 1.82) is 0 Å². The zero-order valence-electron chi connectivity index (χ0n) is 17.1. The lowest BCUT2D eigenvalue weighted by molar-refractivity contribution is 0.0997. The lowest BCUT2D eigenvalue weighted by atomic mass is 9.96. The van der Waals surface area contributed by atoms with E-state index in [1.165, 1.54) is 6.26 Å². The molecule has 4 aromatic rings. The quantitative estimate of drug-likeness (QED) is 0.397. The van der Waals surface area contributed by atoms with Crippen molar-refractivity contribution in [2.75, 3.05) is 10.6 Å². The van der Waals surface area contributed by atoms with Gasteiger partial charge in [-0.05, 0) is 56.2 Å². The third kappa shape index (κ3) is 4.14. The van der Waals surface area contributed by atoms with Gasteiger partial charge in [0.25, 0.3) is 5.91 Å². The molecule has 2 N–H and O–H groups in total. The van der Waals surface area contributed by atoms with Crippen molar-refractivity contribution in [3.8, 4) is 0 Å². The molecule has 4 rings (SSSR count). The van der Waals surface area contributed by atoms with E-state index in [-0.39, 0.29) is 17.7 Å². The van der Waals surface area contributed by atoms with Crippen LogP contribution >= 0.6 is 11.3 Å². The first-order valence-electron chi connectivity index (χ1n) is 9.73. The molecule has 1 atom stereocenters. The van der Waals surface area contributed by atoms with Gasteiger partial charge in [0.05, 0.1) is 12.3 Å². The first kappa shape index (κ1) is 19.9. The predicted octanol–water partition coefficient (Wildman–Crippen LogP) is 6.12. The number of thiophene rings is 1. The van der Waals surface area contributed by atoms with Gasteiger partial charge < -0.3 is 15.1 Å². The second-order valence-electron chi connectivity index (χ2n) is 7.11. The summed E-state index contributed by atoms with van der Waals surface area (Å²) in [5.74, 6) is 0.813. The van der Waals surface area contributed by atoms with Crippen LogP contribution in [0.15, 0.2) is 71.3 Å². The van der Waals surface area contributed by atoms with E-state index in [9.17, 15) is 4.79 Å². The molecule has 0 unspecified atom stereocenters. The van der Waals surface area contributed by atoms with E-state index in [0.717, 1.165) is 38.1 Å². The molecule has 30 heavy (non-hydrogen) atoms. The van der Waals surface area contributed by atoms with Crippen LogP contribution in [0, 0.1) is 20.8 Å². The molecular weight excluding hydrogens is 394 g/mol. The van der Waals surface area contributed by atoms with Gasteiger partial charge in [-0.1, -0.05) is 36.4 Å². The number of benzene rings is 1. The SMILES string of the molecule is Cc1cccc(N[C@H](c2ccccc2)c2c(NC(=O)c3ccco3)sc(C)c2C)n1. The number of pyridine rings is 1. The zero-order chi connectivity index (χ0) is 21.1. The molecule has 6 heteroatoms. The Balaban J connectivity index is 1.77. The van der Waals surface area contributed by atoms with E-state index in [4.69, 9.17) is 4.42 Å². The number of carbonyl (C=O) groups is 1. The summed E-state index contributed by atoms with van der Waals surface area (Å²) in [5, 5.41) is 7.43. The van der Waals surface area contributed by atoms with Gasteiger partial charge in [0.2, 0.25) is 0 Å². The average Bonchev–Trinajstić information content (AvgIpc) is 3.37. The maximum atomic E-state index is 12.7. The fourth-order valence-electron chi connectivity index (χ4n) is 3.40. The molecule has 152 valence electrons. The molecule has 0 aliphatic heterocycles. The van der Waals surface area contributed by atoms with Crippen LogP contribution in [0.25, 0.3) is 0 Å². The van der Waals surface area contributed by atoms with Crippen LogP contribution in [-0.2, 0) is 0 Å². The molecule has 0 aliphatic rings. The van der Waals surface area contributed by atoms with Crippen LogP contribution in [0.3, 0.4) is 0 Å². The summed E-state index contributed by atoms with van der Waals surface area (Å²) < 4.78 is 5.27. The summed E-state index contributed by atoms with van der Waals surface area (Å²) in [6.07, 6.45) is 1.50. The minimum atomic E-state index is -0.261. The van der Waals surface area contributed by atoms with E-state index < -0.39 is 0 Å². The number of nitrogens with zero attached hydrogens (tertiary/aromatic N) is 1. The zero-order valence-corrected chi connectivity index (χ0v) is 17.9. The number of anilines is 2.